The Morgan fingerprint density at radius 2 is 1.94 bits per heavy atom. The van der Waals surface area contributed by atoms with Gasteiger partial charge in [-0.1, -0.05) is 11.6 Å². The lowest BCUT2D eigenvalue weighted by molar-refractivity contribution is -0.119. The highest BCUT2D eigenvalue weighted by Gasteiger charge is 2.35. The van der Waals surface area contributed by atoms with Crippen molar-refractivity contribution < 1.29 is 31.9 Å². The molecule has 9 nitrogen and oxygen atoms in total. The lowest BCUT2D eigenvalue weighted by Crippen LogP contribution is -2.48. The zero-order valence-corrected chi connectivity index (χ0v) is 20.6. The van der Waals surface area contributed by atoms with E-state index in [0.717, 1.165) is 22.5 Å². The summed E-state index contributed by atoms with van der Waals surface area (Å²) in [6, 6.07) is 7.55. The van der Waals surface area contributed by atoms with E-state index in [4.69, 9.17) is 21.1 Å². The molecule has 0 fully saturated rings. The van der Waals surface area contributed by atoms with Gasteiger partial charge in [0.15, 0.2) is 0 Å². The first-order valence-corrected chi connectivity index (χ1v) is 12.1. The molecule has 1 aliphatic rings. The Hall–Kier alpha value is -3.05. The third kappa shape index (κ3) is 6.09. The van der Waals surface area contributed by atoms with Crippen LogP contribution in [-0.2, 0) is 19.6 Å². The van der Waals surface area contributed by atoms with Crippen molar-refractivity contribution in [3.8, 4) is 5.75 Å². The molecule has 2 amide bonds. The molecule has 0 saturated heterocycles. The molecule has 0 bridgehead atoms. The zero-order chi connectivity index (χ0) is 25.3. The normalized spacial score (nSPS) is 15.7. The Kier molecular flexibility index (Phi) is 7.27. The van der Waals surface area contributed by atoms with Crippen LogP contribution in [0.5, 0.6) is 5.75 Å². The maximum atomic E-state index is 13.6. The fourth-order valence-corrected chi connectivity index (χ4v) is 4.94. The number of rotatable bonds is 5. The standard InChI is InChI=1S/C22H25ClFN3O6S/c1-13(28)25-11-15-12-27(34(30,31)16-6-7-18(24)17(23)10-16)19-9-14(5-8-20(19)32-15)26-21(29)33-22(2,3)4/h5-10,15H,11-12H2,1-4H3,(H,25,28)(H,26,29)/t15-/m0/s1. The van der Waals surface area contributed by atoms with Crippen molar-refractivity contribution in [2.75, 3.05) is 22.7 Å². The molecule has 0 aliphatic carbocycles. The van der Waals surface area contributed by atoms with E-state index < -0.39 is 33.6 Å². The monoisotopic (exact) mass is 513 g/mol. The second kappa shape index (κ2) is 9.67. The van der Waals surface area contributed by atoms with Gasteiger partial charge in [-0.2, -0.15) is 0 Å². The molecule has 1 aliphatic heterocycles. The Balaban J connectivity index is 2.00. The number of nitrogens with one attached hydrogen (secondary N) is 2. The predicted octanol–water partition coefficient (Wildman–Crippen LogP) is 3.92. The van der Waals surface area contributed by atoms with Gasteiger partial charge in [-0.15, -0.1) is 0 Å². The zero-order valence-electron chi connectivity index (χ0n) is 19.0. The molecule has 0 saturated carbocycles. The van der Waals surface area contributed by atoms with E-state index >= 15 is 0 Å². The maximum Gasteiger partial charge on any atom is 0.412 e. The van der Waals surface area contributed by atoms with Crippen LogP contribution in [0.15, 0.2) is 41.3 Å². The molecule has 0 unspecified atom stereocenters. The number of ether oxygens (including phenoxy) is 2. The van der Waals surface area contributed by atoms with Crippen LogP contribution in [0.2, 0.25) is 5.02 Å². The summed E-state index contributed by atoms with van der Waals surface area (Å²) in [5.74, 6) is -0.838. The molecule has 12 heteroatoms. The Bertz CT molecular complexity index is 1220. The van der Waals surface area contributed by atoms with Gasteiger partial charge in [-0.25, -0.2) is 17.6 Å². The minimum Gasteiger partial charge on any atom is -0.484 e. The molecule has 1 atom stereocenters. The van der Waals surface area contributed by atoms with Gasteiger partial charge in [-0.3, -0.25) is 14.4 Å². The van der Waals surface area contributed by atoms with E-state index in [-0.39, 0.29) is 46.0 Å². The van der Waals surface area contributed by atoms with Crippen LogP contribution >= 0.6 is 11.6 Å². The Morgan fingerprint density at radius 1 is 1.24 bits per heavy atom. The number of fused-ring (bicyclic) bond motifs is 1. The molecular formula is C22H25ClFN3O6S. The summed E-state index contributed by atoms with van der Waals surface area (Å²) < 4.78 is 52.9. The Labute approximate surface area is 202 Å². The molecular weight excluding hydrogens is 489 g/mol. The first kappa shape index (κ1) is 25.6. The van der Waals surface area contributed by atoms with Crippen molar-refractivity contribution in [3.05, 3.63) is 47.2 Å². The summed E-state index contributed by atoms with van der Waals surface area (Å²) in [7, 11) is -4.21. The largest absolute Gasteiger partial charge is 0.484 e. The summed E-state index contributed by atoms with van der Waals surface area (Å²) in [6.07, 6.45) is -1.42. The highest BCUT2D eigenvalue weighted by atomic mass is 35.5. The first-order chi connectivity index (χ1) is 15.8. The molecule has 1 heterocycles. The van der Waals surface area contributed by atoms with Crippen LogP contribution in [0.3, 0.4) is 0 Å². The third-order valence-corrected chi connectivity index (χ3v) is 6.66. The van der Waals surface area contributed by atoms with Gasteiger partial charge in [0.25, 0.3) is 10.0 Å². The number of hydrogen-bond donors (Lipinski definition) is 2. The number of anilines is 2. The van der Waals surface area contributed by atoms with Crippen LogP contribution in [0, 0.1) is 5.82 Å². The van der Waals surface area contributed by atoms with Gasteiger partial charge < -0.3 is 14.8 Å². The SMILES string of the molecule is CC(=O)NC[C@H]1CN(S(=O)(=O)c2ccc(F)c(Cl)c2)c2cc(NC(=O)OC(C)(C)C)ccc2O1. The lowest BCUT2D eigenvalue weighted by Gasteiger charge is -2.35. The van der Waals surface area contributed by atoms with Crippen molar-refractivity contribution in [2.24, 2.45) is 0 Å². The van der Waals surface area contributed by atoms with Crippen LogP contribution in [0.4, 0.5) is 20.6 Å². The first-order valence-electron chi connectivity index (χ1n) is 10.3. The molecule has 34 heavy (non-hydrogen) atoms. The topological polar surface area (TPSA) is 114 Å². The highest BCUT2D eigenvalue weighted by molar-refractivity contribution is 7.92. The van der Waals surface area contributed by atoms with E-state index in [0.29, 0.717) is 0 Å². The number of carbonyl (C=O) groups is 2. The van der Waals surface area contributed by atoms with Gasteiger partial charge >= 0.3 is 6.09 Å². The third-order valence-electron chi connectivity index (χ3n) is 4.59. The second-order valence-corrected chi connectivity index (χ2v) is 10.9. The van der Waals surface area contributed by atoms with Crippen LogP contribution in [0.25, 0.3) is 0 Å². The van der Waals surface area contributed by atoms with Crippen molar-refractivity contribution >= 4 is 45.0 Å². The van der Waals surface area contributed by atoms with E-state index in [1.54, 1.807) is 20.8 Å². The van der Waals surface area contributed by atoms with Crippen LogP contribution in [-0.4, -0.2) is 45.2 Å². The number of sulfonamides is 1. The molecule has 0 spiro atoms. The summed E-state index contributed by atoms with van der Waals surface area (Å²) in [6.45, 7) is 6.38. The van der Waals surface area contributed by atoms with Crippen molar-refractivity contribution in [2.45, 2.75) is 44.3 Å². The van der Waals surface area contributed by atoms with E-state index in [1.807, 2.05) is 0 Å². The lowest BCUT2D eigenvalue weighted by atomic mass is 10.2. The number of benzene rings is 2. The van der Waals surface area contributed by atoms with E-state index in [2.05, 4.69) is 10.6 Å². The van der Waals surface area contributed by atoms with Gasteiger partial charge in [0.05, 0.1) is 28.7 Å². The second-order valence-electron chi connectivity index (χ2n) is 8.60. The summed E-state index contributed by atoms with van der Waals surface area (Å²) >= 11 is 5.82. The predicted molar refractivity (Wildman–Crippen MR) is 125 cm³/mol. The molecule has 2 aromatic rings. The molecule has 3 rings (SSSR count). The minimum absolute atomic E-state index is 0.0584. The molecule has 2 aromatic carbocycles. The van der Waals surface area contributed by atoms with Crippen LogP contribution in [0.1, 0.15) is 27.7 Å². The average Bonchev–Trinajstić information content (AvgIpc) is 2.72. The molecule has 2 N–H and O–H groups in total. The number of amides is 2. The van der Waals surface area contributed by atoms with Gasteiger partial charge in [0.1, 0.15) is 23.3 Å². The minimum atomic E-state index is -4.21. The average molecular weight is 514 g/mol. The quantitative estimate of drug-likeness (QED) is 0.626. The number of hydrogen-bond acceptors (Lipinski definition) is 6. The summed E-state index contributed by atoms with van der Waals surface area (Å²) in [5.41, 5.74) is -0.308. The molecule has 0 aromatic heterocycles. The summed E-state index contributed by atoms with van der Waals surface area (Å²) in [5, 5.41) is 4.82. The number of halogens is 2. The van der Waals surface area contributed by atoms with Gasteiger partial charge in [0, 0.05) is 12.6 Å². The van der Waals surface area contributed by atoms with Crippen molar-refractivity contribution in [1.29, 1.82) is 0 Å². The smallest absolute Gasteiger partial charge is 0.412 e. The maximum absolute atomic E-state index is 13.6. The fourth-order valence-electron chi connectivity index (χ4n) is 3.17. The van der Waals surface area contributed by atoms with E-state index in [1.165, 1.54) is 25.1 Å². The van der Waals surface area contributed by atoms with Crippen molar-refractivity contribution in [3.63, 3.8) is 0 Å². The summed E-state index contributed by atoms with van der Waals surface area (Å²) in [4.78, 5) is 23.3. The van der Waals surface area contributed by atoms with Crippen LogP contribution < -0.4 is 19.7 Å². The highest BCUT2D eigenvalue weighted by Crippen LogP contribution is 2.39. The van der Waals surface area contributed by atoms with E-state index in [9.17, 15) is 22.4 Å². The molecule has 184 valence electrons. The fraction of sp³-hybridized carbons (Fsp3) is 0.364. The van der Waals surface area contributed by atoms with Crippen molar-refractivity contribution in [1.82, 2.24) is 5.32 Å². The number of nitrogens with zero attached hydrogens (tertiary/aromatic N) is 1. The Morgan fingerprint density at radius 3 is 2.56 bits per heavy atom. The van der Waals surface area contributed by atoms with Gasteiger partial charge in [0.2, 0.25) is 5.91 Å². The van der Waals surface area contributed by atoms with Gasteiger partial charge in [-0.05, 0) is 57.2 Å². The number of carbonyl (C=O) groups excluding carboxylic acids is 2. The molecule has 0 radical (unpaired) electrons.